The van der Waals surface area contributed by atoms with Gasteiger partial charge in [0.1, 0.15) is 17.2 Å². The van der Waals surface area contributed by atoms with E-state index >= 15 is 0 Å². The Morgan fingerprint density at radius 3 is 2.62 bits per heavy atom. The second kappa shape index (κ2) is 8.57. The number of anilines is 2. The molecule has 0 bridgehead atoms. The number of nitro groups is 1. The molecule has 0 aliphatic heterocycles. The smallest absolute Gasteiger partial charge is 0.293 e. The van der Waals surface area contributed by atoms with Gasteiger partial charge in [-0.3, -0.25) is 20.2 Å². The Balaban J connectivity index is 1.85. The minimum atomic E-state index is -0.542. The first kappa shape index (κ1) is 20.1. The quantitative estimate of drug-likeness (QED) is 0.443. The van der Waals surface area contributed by atoms with Crippen LogP contribution in [0.15, 0.2) is 41.8 Å². The maximum absolute atomic E-state index is 12.5. The third-order valence-corrected chi connectivity index (χ3v) is 4.89. The van der Waals surface area contributed by atoms with Crippen LogP contribution < -0.4 is 20.1 Å². The average Bonchev–Trinajstić information content (AvgIpc) is 3.20. The lowest BCUT2D eigenvalue weighted by atomic mass is 10.1. The number of carbonyl (C=O) groups excluding carboxylic acids is 1. The van der Waals surface area contributed by atoms with Gasteiger partial charge in [-0.15, -0.1) is 11.3 Å². The van der Waals surface area contributed by atoms with Crippen LogP contribution in [0, 0.1) is 10.1 Å². The minimum absolute atomic E-state index is 0.159. The number of ether oxygens (including phenoxy) is 2. The largest absolute Gasteiger partial charge is 0.497 e. The van der Waals surface area contributed by atoms with Crippen LogP contribution >= 0.6 is 11.3 Å². The monoisotopic (exact) mass is 414 g/mol. The molecule has 0 saturated carbocycles. The first-order valence-corrected chi connectivity index (χ1v) is 9.30. The number of carbonyl (C=O) groups is 1. The highest BCUT2D eigenvalue weighted by Crippen LogP contribution is 2.35. The number of nitrogens with one attached hydrogen (secondary N) is 2. The molecule has 0 atom stereocenters. The van der Waals surface area contributed by atoms with Crippen LogP contribution in [0.3, 0.4) is 0 Å². The molecule has 0 aliphatic carbocycles. The van der Waals surface area contributed by atoms with Crippen LogP contribution in [0.1, 0.15) is 10.4 Å². The van der Waals surface area contributed by atoms with Crippen molar-refractivity contribution in [3.8, 4) is 22.8 Å². The van der Waals surface area contributed by atoms with Gasteiger partial charge >= 0.3 is 0 Å². The van der Waals surface area contributed by atoms with Crippen molar-refractivity contribution in [2.24, 2.45) is 0 Å². The number of aromatic nitrogens is 1. The van der Waals surface area contributed by atoms with E-state index < -0.39 is 10.8 Å². The van der Waals surface area contributed by atoms with Gasteiger partial charge in [-0.2, -0.15) is 0 Å². The fourth-order valence-corrected chi connectivity index (χ4v) is 3.38. The summed E-state index contributed by atoms with van der Waals surface area (Å²) in [5.41, 5.74) is 1.64. The molecule has 0 spiro atoms. The van der Waals surface area contributed by atoms with E-state index in [4.69, 9.17) is 9.47 Å². The van der Waals surface area contributed by atoms with E-state index in [9.17, 15) is 14.9 Å². The number of rotatable bonds is 7. The summed E-state index contributed by atoms with van der Waals surface area (Å²) < 4.78 is 10.6. The summed E-state index contributed by atoms with van der Waals surface area (Å²) in [5, 5.41) is 18.7. The SMILES string of the molecule is CNc1ccc(C(=O)Nc2nc(-c3cc(OC)ccc3OC)cs2)cc1[N+](=O)[O-]. The minimum Gasteiger partial charge on any atom is -0.497 e. The van der Waals surface area contributed by atoms with Crippen molar-refractivity contribution in [2.45, 2.75) is 0 Å². The van der Waals surface area contributed by atoms with Crippen molar-refractivity contribution >= 4 is 33.8 Å². The summed E-state index contributed by atoms with van der Waals surface area (Å²) in [7, 11) is 4.70. The first-order valence-electron chi connectivity index (χ1n) is 8.42. The standard InChI is InChI=1S/C19H18N4O5S/c1-20-14-6-4-11(8-16(14)23(25)26)18(24)22-19-21-15(10-29-19)13-9-12(27-2)5-7-17(13)28-3/h4-10,20H,1-3H3,(H,21,22,24). The molecule has 150 valence electrons. The zero-order valence-corrected chi connectivity index (χ0v) is 16.7. The third-order valence-electron chi connectivity index (χ3n) is 4.13. The van der Waals surface area contributed by atoms with Gasteiger partial charge in [0.05, 0.1) is 24.8 Å². The molecule has 2 aromatic carbocycles. The molecule has 0 fully saturated rings. The lowest BCUT2D eigenvalue weighted by Crippen LogP contribution is -2.12. The average molecular weight is 414 g/mol. The summed E-state index contributed by atoms with van der Waals surface area (Å²) in [4.78, 5) is 27.6. The normalized spacial score (nSPS) is 10.3. The van der Waals surface area contributed by atoms with Crippen LogP contribution in [-0.2, 0) is 0 Å². The van der Waals surface area contributed by atoms with E-state index in [0.29, 0.717) is 28.0 Å². The molecule has 0 radical (unpaired) electrons. The number of hydrogen-bond donors (Lipinski definition) is 2. The summed E-state index contributed by atoms with van der Waals surface area (Å²) in [6.45, 7) is 0. The molecule has 9 nitrogen and oxygen atoms in total. The summed E-state index contributed by atoms with van der Waals surface area (Å²) >= 11 is 1.23. The van der Waals surface area contributed by atoms with Crippen LogP contribution in [0.25, 0.3) is 11.3 Å². The van der Waals surface area contributed by atoms with Crippen molar-refractivity contribution in [1.82, 2.24) is 4.98 Å². The zero-order valence-electron chi connectivity index (χ0n) is 15.9. The molecule has 1 amide bonds. The van der Waals surface area contributed by atoms with E-state index in [1.807, 2.05) is 0 Å². The molecule has 0 aliphatic rings. The Kier molecular flexibility index (Phi) is 5.93. The molecule has 2 N–H and O–H groups in total. The summed E-state index contributed by atoms with van der Waals surface area (Å²) in [5.74, 6) is 0.776. The molecule has 3 aromatic rings. The molecular weight excluding hydrogens is 396 g/mol. The molecule has 0 saturated heterocycles. The van der Waals surface area contributed by atoms with Gasteiger partial charge in [0.2, 0.25) is 0 Å². The molecule has 1 aromatic heterocycles. The molecule has 1 heterocycles. The number of methoxy groups -OCH3 is 2. The highest BCUT2D eigenvalue weighted by atomic mass is 32.1. The Bertz CT molecular complexity index is 1070. The Labute approximate surface area is 170 Å². The first-order chi connectivity index (χ1) is 14.0. The van der Waals surface area contributed by atoms with E-state index in [-0.39, 0.29) is 11.3 Å². The number of benzene rings is 2. The highest BCUT2D eigenvalue weighted by molar-refractivity contribution is 7.14. The summed E-state index contributed by atoms with van der Waals surface area (Å²) in [6, 6.07) is 9.56. The number of nitro benzene ring substituents is 1. The maximum Gasteiger partial charge on any atom is 0.293 e. The van der Waals surface area contributed by atoms with E-state index in [2.05, 4.69) is 15.6 Å². The van der Waals surface area contributed by atoms with Crippen molar-refractivity contribution < 1.29 is 19.2 Å². The lowest BCUT2D eigenvalue weighted by molar-refractivity contribution is -0.384. The van der Waals surface area contributed by atoms with Crippen molar-refractivity contribution in [1.29, 1.82) is 0 Å². The van der Waals surface area contributed by atoms with Gasteiger partial charge in [-0.25, -0.2) is 4.98 Å². The van der Waals surface area contributed by atoms with Gasteiger partial charge in [0.25, 0.3) is 11.6 Å². The van der Waals surface area contributed by atoms with Crippen molar-refractivity contribution in [3.05, 3.63) is 57.5 Å². The Morgan fingerprint density at radius 2 is 1.97 bits per heavy atom. The van der Waals surface area contributed by atoms with E-state index in [1.54, 1.807) is 44.8 Å². The fourth-order valence-electron chi connectivity index (χ4n) is 2.67. The van der Waals surface area contributed by atoms with Crippen LogP contribution in [-0.4, -0.2) is 37.1 Å². The van der Waals surface area contributed by atoms with Crippen LogP contribution in [0.5, 0.6) is 11.5 Å². The van der Waals surface area contributed by atoms with Crippen molar-refractivity contribution in [3.63, 3.8) is 0 Å². The van der Waals surface area contributed by atoms with E-state index in [1.165, 1.54) is 29.5 Å². The molecular formula is C19H18N4O5S. The van der Waals surface area contributed by atoms with Gasteiger partial charge in [-0.05, 0) is 30.3 Å². The number of amides is 1. The maximum atomic E-state index is 12.5. The molecule has 0 unspecified atom stereocenters. The highest BCUT2D eigenvalue weighted by Gasteiger charge is 2.18. The van der Waals surface area contributed by atoms with Gasteiger partial charge in [0, 0.05) is 29.6 Å². The number of nitrogens with zero attached hydrogens (tertiary/aromatic N) is 2. The van der Waals surface area contributed by atoms with E-state index in [0.717, 1.165) is 5.56 Å². The number of hydrogen-bond acceptors (Lipinski definition) is 8. The Hall–Kier alpha value is -3.66. The third kappa shape index (κ3) is 4.27. The van der Waals surface area contributed by atoms with Gasteiger partial charge in [-0.1, -0.05) is 0 Å². The summed E-state index contributed by atoms with van der Waals surface area (Å²) in [6.07, 6.45) is 0. The number of thiazole rings is 1. The second-order valence-corrected chi connectivity index (χ2v) is 6.66. The van der Waals surface area contributed by atoms with Crippen molar-refractivity contribution in [2.75, 3.05) is 31.9 Å². The van der Waals surface area contributed by atoms with Gasteiger partial charge < -0.3 is 14.8 Å². The van der Waals surface area contributed by atoms with Gasteiger partial charge in [0.15, 0.2) is 5.13 Å². The van der Waals surface area contributed by atoms with Crippen LogP contribution in [0.4, 0.5) is 16.5 Å². The predicted molar refractivity (Wildman–Crippen MR) is 111 cm³/mol. The van der Waals surface area contributed by atoms with Crippen LogP contribution in [0.2, 0.25) is 0 Å². The topological polar surface area (TPSA) is 116 Å². The lowest BCUT2D eigenvalue weighted by Gasteiger charge is -2.08. The fraction of sp³-hybridized carbons (Fsp3) is 0.158. The predicted octanol–water partition coefficient (Wildman–Crippen LogP) is 4.03. The zero-order chi connectivity index (χ0) is 21.0. The molecule has 29 heavy (non-hydrogen) atoms. The second-order valence-electron chi connectivity index (χ2n) is 5.80. The Morgan fingerprint density at radius 1 is 1.17 bits per heavy atom. The molecule has 10 heteroatoms. The molecule has 3 rings (SSSR count).